The van der Waals surface area contributed by atoms with E-state index in [0.29, 0.717) is 6.42 Å². The third-order valence-corrected chi connectivity index (χ3v) is 4.94. The highest BCUT2D eigenvalue weighted by Crippen LogP contribution is 2.26. The Morgan fingerprint density at radius 3 is 2.62 bits per heavy atom. The second-order valence-corrected chi connectivity index (χ2v) is 6.54. The zero-order chi connectivity index (χ0) is 11.9. The minimum absolute atomic E-state index is 0.0445. The fourth-order valence-electron chi connectivity index (χ4n) is 2.25. The fraction of sp³-hybridized carbons (Fsp3) is 0.700. The summed E-state index contributed by atoms with van der Waals surface area (Å²) in [6.45, 7) is 3.66. The zero-order valence-corrected chi connectivity index (χ0v) is 10.3. The van der Waals surface area contributed by atoms with Crippen LogP contribution in [0.25, 0.3) is 0 Å². The van der Waals surface area contributed by atoms with Crippen molar-refractivity contribution in [3.05, 3.63) is 17.0 Å². The van der Waals surface area contributed by atoms with E-state index in [1.807, 2.05) is 13.8 Å². The molecule has 6 heteroatoms. The molecule has 0 radical (unpaired) electrons. The number of sulfone groups is 1. The first kappa shape index (κ1) is 11.6. The van der Waals surface area contributed by atoms with Crippen molar-refractivity contribution in [2.45, 2.75) is 32.9 Å². The SMILES string of the molecule is Cc1nn([C@@H]2CCS(=O)(=O)C2)c(C)c1CO. The second kappa shape index (κ2) is 3.85. The van der Waals surface area contributed by atoms with Gasteiger partial charge in [0.25, 0.3) is 0 Å². The maximum absolute atomic E-state index is 11.4. The summed E-state index contributed by atoms with van der Waals surface area (Å²) in [5.41, 5.74) is 2.47. The van der Waals surface area contributed by atoms with Gasteiger partial charge in [0, 0.05) is 11.3 Å². The summed E-state index contributed by atoms with van der Waals surface area (Å²) in [6, 6.07) is -0.0657. The first-order valence-corrected chi connectivity index (χ1v) is 7.12. The lowest BCUT2D eigenvalue weighted by atomic mass is 10.2. The molecule has 0 bridgehead atoms. The monoisotopic (exact) mass is 244 g/mol. The Balaban J connectivity index is 2.36. The first-order chi connectivity index (χ1) is 7.44. The Morgan fingerprint density at radius 1 is 1.50 bits per heavy atom. The van der Waals surface area contributed by atoms with Crippen molar-refractivity contribution in [3.63, 3.8) is 0 Å². The van der Waals surface area contributed by atoms with Gasteiger partial charge in [-0.25, -0.2) is 8.42 Å². The van der Waals surface area contributed by atoms with Gasteiger partial charge in [-0.1, -0.05) is 0 Å². The van der Waals surface area contributed by atoms with E-state index in [0.717, 1.165) is 17.0 Å². The maximum atomic E-state index is 11.4. The highest BCUT2D eigenvalue weighted by atomic mass is 32.2. The molecule has 1 aliphatic heterocycles. The molecule has 1 fully saturated rings. The molecule has 5 nitrogen and oxygen atoms in total. The van der Waals surface area contributed by atoms with E-state index in [2.05, 4.69) is 5.10 Å². The van der Waals surface area contributed by atoms with Crippen molar-refractivity contribution in [3.8, 4) is 0 Å². The van der Waals surface area contributed by atoms with Gasteiger partial charge in [0.1, 0.15) is 0 Å². The molecule has 90 valence electrons. The Morgan fingerprint density at radius 2 is 2.19 bits per heavy atom. The zero-order valence-electron chi connectivity index (χ0n) is 9.47. The number of nitrogens with zero attached hydrogens (tertiary/aromatic N) is 2. The van der Waals surface area contributed by atoms with Crippen LogP contribution >= 0.6 is 0 Å². The molecule has 0 amide bonds. The number of aliphatic hydroxyl groups excluding tert-OH is 1. The highest BCUT2D eigenvalue weighted by molar-refractivity contribution is 7.91. The van der Waals surface area contributed by atoms with Gasteiger partial charge in [-0.3, -0.25) is 4.68 Å². The molecule has 1 aromatic rings. The van der Waals surface area contributed by atoms with Crippen molar-refractivity contribution in [1.29, 1.82) is 0 Å². The summed E-state index contributed by atoms with van der Waals surface area (Å²) in [5, 5.41) is 13.5. The molecule has 2 rings (SSSR count). The summed E-state index contributed by atoms with van der Waals surface area (Å²) >= 11 is 0. The fourth-order valence-corrected chi connectivity index (χ4v) is 3.94. The molecule has 1 N–H and O–H groups in total. The van der Waals surface area contributed by atoms with Gasteiger partial charge in [0.15, 0.2) is 9.84 Å². The van der Waals surface area contributed by atoms with Gasteiger partial charge in [0.05, 0.1) is 29.8 Å². The van der Waals surface area contributed by atoms with E-state index < -0.39 is 9.84 Å². The normalized spacial score (nSPS) is 23.8. The summed E-state index contributed by atoms with van der Waals surface area (Å²) in [4.78, 5) is 0. The van der Waals surface area contributed by atoms with Crippen LogP contribution in [0.4, 0.5) is 0 Å². The van der Waals surface area contributed by atoms with E-state index in [-0.39, 0.29) is 24.2 Å². The van der Waals surface area contributed by atoms with Crippen molar-refractivity contribution in [2.75, 3.05) is 11.5 Å². The smallest absolute Gasteiger partial charge is 0.152 e. The lowest BCUT2D eigenvalue weighted by Crippen LogP contribution is -2.14. The predicted octanol–water partition coefficient (Wildman–Crippen LogP) is 0.352. The molecule has 0 aromatic carbocycles. The largest absolute Gasteiger partial charge is 0.392 e. The Kier molecular flexibility index (Phi) is 2.79. The van der Waals surface area contributed by atoms with E-state index in [1.165, 1.54) is 0 Å². The minimum atomic E-state index is -2.89. The van der Waals surface area contributed by atoms with Crippen molar-refractivity contribution in [1.82, 2.24) is 9.78 Å². The molecular formula is C10H16N2O3S. The van der Waals surface area contributed by atoms with E-state index >= 15 is 0 Å². The summed E-state index contributed by atoms with van der Waals surface area (Å²) < 4.78 is 24.5. The van der Waals surface area contributed by atoms with Crippen LogP contribution in [0.1, 0.15) is 29.4 Å². The Labute approximate surface area is 95.0 Å². The molecule has 16 heavy (non-hydrogen) atoms. The molecule has 0 saturated carbocycles. The topological polar surface area (TPSA) is 72.2 Å². The summed E-state index contributed by atoms with van der Waals surface area (Å²) in [6.07, 6.45) is 0.620. The molecule has 1 atom stereocenters. The van der Waals surface area contributed by atoms with E-state index in [4.69, 9.17) is 0 Å². The van der Waals surface area contributed by atoms with Crippen molar-refractivity contribution in [2.24, 2.45) is 0 Å². The highest BCUT2D eigenvalue weighted by Gasteiger charge is 2.31. The molecule has 2 heterocycles. The number of aromatic nitrogens is 2. The predicted molar refractivity (Wildman–Crippen MR) is 59.9 cm³/mol. The van der Waals surface area contributed by atoms with Gasteiger partial charge in [-0.05, 0) is 20.3 Å². The minimum Gasteiger partial charge on any atom is -0.392 e. The molecule has 1 aliphatic rings. The van der Waals surface area contributed by atoms with Crippen LogP contribution in [-0.4, -0.2) is 34.8 Å². The average molecular weight is 244 g/mol. The lowest BCUT2D eigenvalue weighted by molar-refractivity contribution is 0.280. The van der Waals surface area contributed by atoms with Crippen LogP contribution in [0.15, 0.2) is 0 Å². The third-order valence-electron chi connectivity index (χ3n) is 3.19. The van der Waals surface area contributed by atoms with Crippen LogP contribution in [0.2, 0.25) is 0 Å². The molecular weight excluding hydrogens is 228 g/mol. The second-order valence-electron chi connectivity index (χ2n) is 4.31. The molecule has 0 unspecified atom stereocenters. The van der Waals surface area contributed by atoms with Crippen molar-refractivity contribution < 1.29 is 13.5 Å². The van der Waals surface area contributed by atoms with Crippen LogP contribution in [-0.2, 0) is 16.4 Å². The van der Waals surface area contributed by atoms with Crippen LogP contribution in [0.3, 0.4) is 0 Å². The molecule has 1 saturated heterocycles. The van der Waals surface area contributed by atoms with Gasteiger partial charge in [-0.2, -0.15) is 5.10 Å². The van der Waals surface area contributed by atoms with Gasteiger partial charge >= 0.3 is 0 Å². The van der Waals surface area contributed by atoms with Crippen LogP contribution < -0.4 is 0 Å². The quantitative estimate of drug-likeness (QED) is 0.815. The number of rotatable bonds is 2. The van der Waals surface area contributed by atoms with Gasteiger partial charge < -0.3 is 5.11 Å². The number of hydrogen-bond acceptors (Lipinski definition) is 4. The Bertz CT molecular complexity index is 504. The summed E-state index contributed by atoms with van der Waals surface area (Å²) in [5.74, 6) is 0.407. The molecule has 0 spiro atoms. The third kappa shape index (κ3) is 1.87. The standard InChI is InChI=1S/C10H16N2O3S/c1-7-10(5-13)8(2)12(11-7)9-3-4-16(14,15)6-9/h9,13H,3-6H2,1-2H3/t9-/m1/s1. The van der Waals surface area contributed by atoms with Gasteiger partial charge in [-0.15, -0.1) is 0 Å². The number of aryl methyl sites for hydroxylation is 1. The molecule has 0 aliphatic carbocycles. The van der Waals surface area contributed by atoms with Crippen LogP contribution in [0, 0.1) is 13.8 Å². The maximum Gasteiger partial charge on any atom is 0.152 e. The number of aliphatic hydroxyl groups is 1. The molecule has 1 aromatic heterocycles. The lowest BCUT2D eigenvalue weighted by Gasteiger charge is -2.11. The van der Waals surface area contributed by atoms with Gasteiger partial charge in [0.2, 0.25) is 0 Å². The van der Waals surface area contributed by atoms with Crippen LogP contribution in [0.5, 0.6) is 0 Å². The summed E-state index contributed by atoms with van der Waals surface area (Å²) in [7, 11) is -2.89. The van der Waals surface area contributed by atoms with E-state index in [9.17, 15) is 13.5 Å². The Hall–Kier alpha value is -0.880. The average Bonchev–Trinajstić information content (AvgIpc) is 2.68. The number of hydrogen-bond donors (Lipinski definition) is 1. The van der Waals surface area contributed by atoms with E-state index in [1.54, 1.807) is 4.68 Å². The van der Waals surface area contributed by atoms with Crippen molar-refractivity contribution >= 4 is 9.84 Å². The first-order valence-electron chi connectivity index (χ1n) is 5.30.